The summed E-state index contributed by atoms with van der Waals surface area (Å²) >= 11 is 0. The number of aromatic nitrogens is 1. The standard InChI is InChI=1S/C18H23N3O3/c1-12-17(13(2)24-20-12)19-18(23)21(10-11-22)16-9-5-7-14-6-3-4-8-15(14)16/h3-4,6,8,16,22H,5,7,9-11H2,1-2H3,(H,19,23)/t16-/m1/s1. The molecule has 0 saturated heterocycles. The molecule has 1 aromatic heterocycles. The Morgan fingerprint density at radius 1 is 1.42 bits per heavy atom. The molecule has 1 aliphatic carbocycles. The van der Waals surface area contributed by atoms with E-state index in [1.54, 1.807) is 18.7 Å². The molecule has 6 heteroatoms. The smallest absolute Gasteiger partial charge is 0.322 e. The van der Waals surface area contributed by atoms with E-state index in [4.69, 9.17) is 4.52 Å². The maximum Gasteiger partial charge on any atom is 0.322 e. The molecule has 2 N–H and O–H groups in total. The maximum atomic E-state index is 12.8. The molecule has 0 saturated carbocycles. The second kappa shape index (κ2) is 7.05. The minimum absolute atomic E-state index is 0.0254. The fraction of sp³-hybridized carbons (Fsp3) is 0.444. The highest BCUT2D eigenvalue weighted by atomic mass is 16.5. The Morgan fingerprint density at radius 2 is 2.21 bits per heavy atom. The zero-order chi connectivity index (χ0) is 17.1. The number of hydrogen-bond acceptors (Lipinski definition) is 4. The molecule has 1 heterocycles. The van der Waals surface area contributed by atoms with Crippen LogP contribution in [0.2, 0.25) is 0 Å². The summed E-state index contributed by atoms with van der Waals surface area (Å²) in [6, 6.07) is 7.96. The van der Waals surface area contributed by atoms with Gasteiger partial charge < -0.3 is 19.8 Å². The third-order valence-electron chi connectivity index (χ3n) is 4.58. The highest BCUT2D eigenvalue weighted by molar-refractivity contribution is 5.90. The van der Waals surface area contributed by atoms with E-state index in [-0.39, 0.29) is 25.2 Å². The molecule has 2 amide bonds. The molecular formula is C18H23N3O3. The summed E-state index contributed by atoms with van der Waals surface area (Å²) in [5, 5.41) is 16.2. The minimum atomic E-state index is -0.236. The van der Waals surface area contributed by atoms with Gasteiger partial charge in [-0.05, 0) is 44.2 Å². The van der Waals surface area contributed by atoms with Crippen LogP contribution in [0.15, 0.2) is 28.8 Å². The molecular weight excluding hydrogens is 306 g/mol. The summed E-state index contributed by atoms with van der Waals surface area (Å²) in [6.07, 6.45) is 2.96. The highest BCUT2D eigenvalue weighted by Gasteiger charge is 2.29. The average molecular weight is 329 g/mol. The number of carbonyl (C=O) groups is 1. The Morgan fingerprint density at radius 3 is 2.92 bits per heavy atom. The number of carbonyl (C=O) groups excluding carboxylic acids is 1. The summed E-state index contributed by atoms with van der Waals surface area (Å²) in [7, 11) is 0. The first-order chi connectivity index (χ1) is 11.6. The number of fused-ring (bicyclic) bond motifs is 1. The maximum absolute atomic E-state index is 12.8. The van der Waals surface area contributed by atoms with Crippen molar-refractivity contribution in [1.29, 1.82) is 0 Å². The Balaban J connectivity index is 1.86. The summed E-state index contributed by atoms with van der Waals surface area (Å²) < 4.78 is 5.10. The van der Waals surface area contributed by atoms with Crippen LogP contribution in [0, 0.1) is 13.8 Å². The van der Waals surface area contributed by atoms with Crippen LogP contribution in [-0.2, 0) is 6.42 Å². The zero-order valence-corrected chi connectivity index (χ0v) is 14.1. The van der Waals surface area contributed by atoms with Crippen LogP contribution < -0.4 is 5.32 Å². The molecule has 24 heavy (non-hydrogen) atoms. The Bertz CT molecular complexity index is 707. The molecule has 6 nitrogen and oxygen atoms in total. The van der Waals surface area contributed by atoms with E-state index in [0.29, 0.717) is 17.1 Å². The number of hydrogen-bond donors (Lipinski definition) is 2. The number of aryl methyl sites for hydroxylation is 3. The topological polar surface area (TPSA) is 78.6 Å². The molecule has 1 atom stereocenters. The first-order valence-electron chi connectivity index (χ1n) is 8.31. The number of aliphatic hydroxyl groups is 1. The zero-order valence-electron chi connectivity index (χ0n) is 14.1. The molecule has 0 aliphatic heterocycles. The van der Waals surface area contributed by atoms with Crippen molar-refractivity contribution in [3.05, 3.63) is 46.8 Å². The molecule has 0 radical (unpaired) electrons. The van der Waals surface area contributed by atoms with E-state index in [1.807, 2.05) is 12.1 Å². The molecule has 0 fully saturated rings. The number of nitrogens with zero attached hydrogens (tertiary/aromatic N) is 2. The van der Waals surface area contributed by atoms with Crippen molar-refractivity contribution in [1.82, 2.24) is 10.1 Å². The van der Waals surface area contributed by atoms with Crippen LogP contribution in [0.1, 0.15) is 41.5 Å². The third kappa shape index (κ3) is 3.14. The lowest BCUT2D eigenvalue weighted by atomic mass is 9.87. The van der Waals surface area contributed by atoms with Gasteiger partial charge in [-0.25, -0.2) is 4.79 Å². The number of nitrogens with one attached hydrogen (secondary N) is 1. The quantitative estimate of drug-likeness (QED) is 0.903. The van der Waals surface area contributed by atoms with E-state index in [0.717, 1.165) is 19.3 Å². The lowest BCUT2D eigenvalue weighted by Gasteiger charge is -2.35. The molecule has 3 rings (SSSR count). The van der Waals surface area contributed by atoms with Gasteiger partial charge in [0.1, 0.15) is 11.4 Å². The van der Waals surface area contributed by atoms with Gasteiger partial charge in [-0.3, -0.25) is 0 Å². The van der Waals surface area contributed by atoms with Gasteiger partial charge >= 0.3 is 6.03 Å². The third-order valence-corrected chi connectivity index (χ3v) is 4.58. The normalized spacial score (nSPS) is 16.5. The first kappa shape index (κ1) is 16.5. The molecule has 128 valence electrons. The molecule has 1 aromatic carbocycles. The van der Waals surface area contributed by atoms with Crippen LogP contribution in [0.3, 0.4) is 0 Å². The van der Waals surface area contributed by atoms with Crippen molar-refractivity contribution in [3.63, 3.8) is 0 Å². The number of urea groups is 1. The van der Waals surface area contributed by atoms with E-state index in [2.05, 4.69) is 22.6 Å². The summed E-state index contributed by atoms with van der Waals surface area (Å²) in [5.41, 5.74) is 3.70. The fourth-order valence-corrected chi connectivity index (χ4v) is 3.40. The lowest BCUT2D eigenvalue weighted by molar-refractivity contribution is 0.155. The molecule has 0 unspecified atom stereocenters. The van der Waals surface area contributed by atoms with Crippen LogP contribution in [0.5, 0.6) is 0 Å². The summed E-state index contributed by atoms with van der Waals surface area (Å²) in [4.78, 5) is 14.6. The van der Waals surface area contributed by atoms with Crippen LogP contribution in [-0.4, -0.2) is 34.3 Å². The van der Waals surface area contributed by atoms with Gasteiger partial charge in [-0.2, -0.15) is 0 Å². The van der Waals surface area contributed by atoms with Crippen molar-refractivity contribution in [3.8, 4) is 0 Å². The molecule has 0 spiro atoms. The largest absolute Gasteiger partial charge is 0.395 e. The number of amides is 2. The number of anilines is 1. The Hall–Kier alpha value is -2.34. The fourth-order valence-electron chi connectivity index (χ4n) is 3.40. The van der Waals surface area contributed by atoms with Gasteiger partial charge in [-0.1, -0.05) is 29.4 Å². The number of aliphatic hydroxyl groups excluding tert-OH is 1. The first-order valence-corrected chi connectivity index (χ1v) is 8.31. The van der Waals surface area contributed by atoms with Crippen molar-refractivity contribution < 1.29 is 14.4 Å². The van der Waals surface area contributed by atoms with Crippen molar-refractivity contribution in [2.24, 2.45) is 0 Å². The predicted octanol–water partition coefficient (Wildman–Crippen LogP) is 3.20. The molecule has 2 aromatic rings. The monoisotopic (exact) mass is 329 g/mol. The van der Waals surface area contributed by atoms with Crippen LogP contribution in [0.25, 0.3) is 0 Å². The SMILES string of the molecule is Cc1noc(C)c1NC(=O)N(CCO)[C@@H]1CCCc2ccccc21. The Labute approximate surface area is 141 Å². The highest BCUT2D eigenvalue weighted by Crippen LogP contribution is 2.34. The van der Waals surface area contributed by atoms with Gasteiger partial charge in [0.25, 0.3) is 0 Å². The number of benzene rings is 1. The van der Waals surface area contributed by atoms with Gasteiger partial charge in [0.05, 0.1) is 12.6 Å². The van der Waals surface area contributed by atoms with E-state index in [1.165, 1.54) is 11.1 Å². The van der Waals surface area contributed by atoms with Crippen LogP contribution in [0.4, 0.5) is 10.5 Å². The lowest BCUT2D eigenvalue weighted by Crippen LogP contribution is -2.41. The second-order valence-electron chi connectivity index (χ2n) is 6.15. The summed E-state index contributed by atoms with van der Waals surface area (Å²) in [5.74, 6) is 0.578. The minimum Gasteiger partial charge on any atom is -0.395 e. The molecule has 1 aliphatic rings. The van der Waals surface area contributed by atoms with Gasteiger partial charge in [-0.15, -0.1) is 0 Å². The van der Waals surface area contributed by atoms with E-state index >= 15 is 0 Å². The van der Waals surface area contributed by atoms with Crippen molar-refractivity contribution >= 4 is 11.7 Å². The van der Waals surface area contributed by atoms with E-state index < -0.39 is 0 Å². The van der Waals surface area contributed by atoms with Crippen LogP contribution >= 0.6 is 0 Å². The van der Waals surface area contributed by atoms with Gasteiger partial charge in [0, 0.05) is 6.54 Å². The van der Waals surface area contributed by atoms with Crippen molar-refractivity contribution in [2.45, 2.75) is 39.2 Å². The average Bonchev–Trinajstić information content (AvgIpc) is 2.91. The Kier molecular flexibility index (Phi) is 4.85. The van der Waals surface area contributed by atoms with Gasteiger partial charge in [0.15, 0.2) is 5.76 Å². The van der Waals surface area contributed by atoms with Crippen molar-refractivity contribution in [2.75, 3.05) is 18.5 Å². The van der Waals surface area contributed by atoms with Gasteiger partial charge in [0.2, 0.25) is 0 Å². The summed E-state index contributed by atoms with van der Waals surface area (Å²) in [6.45, 7) is 3.77. The number of rotatable bonds is 4. The second-order valence-corrected chi connectivity index (χ2v) is 6.15. The molecule has 0 bridgehead atoms. The van der Waals surface area contributed by atoms with E-state index in [9.17, 15) is 9.90 Å². The predicted molar refractivity (Wildman–Crippen MR) is 90.9 cm³/mol.